The van der Waals surface area contributed by atoms with Crippen molar-refractivity contribution in [2.24, 2.45) is 17.6 Å². The predicted octanol–water partition coefficient (Wildman–Crippen LogP) is 10.7. The van der Waals surface area contributed by atoms with Gasteiger partial charge in [-0.2, -0.15) is 0 Å². The zero-order chi connectivity index (χ0) is 82.8. The minimum atomic E-state index is -0.669. The van der Waals surface area contributed by atoms with Crippen LogP contribution < -0.4 is 27.0 Å². The number of nitrogens with zero attached hydrogens (tertiary/aromatic N) is 7. The molecule has 7 aliphatic heterocycles. The van der Waals surface area contributed by atoms with Gasteiger partial charge in [-0.3, -0.25) is 49.4 Å². The summed E-state index contributed by atoms with van der Waals surface area (Å²) in [6.07, 6.45) is 11.8. The summed E-state index contributed by atoms with van der Waals surface area (Å²) in [6.45, 7) is 74.8. The van der Waals surface area contributed by atoms with Crippen LogP contribution >= 0.6 is 0 Å². The monoisotopic (exact) mass is 1490 g/mol. The van der Waals surface area contributed by atoms with Crippen molar-refractivity contribution in [3.63, 3.8) is 0 Å². The number of nitrogens with one attached hydrogen (secondary N) is 4. The molecule has 0 radical (unpaired) electrons. The van der Waals surface area contributed by atoms with Crippen molar-refractivity contribution in [1.29, 1.82) is 0 Å². The summed E-state index contributed by atoms with van der Waals surface area (Å²) in [5, 5.41) is 30.9. The molecule has 0 aliphatic carbocycles. The molecule has 8 N–H and O–H groups in total. The van der Waals surface area contributed by atoms with Crippen LogP contribution in [0.25, 0.3) is 0 Å². The number of carbonyl (C=O) groups excluding carboxylic acids is 6. The number of rotatable bonds is 13. The molecule has 8 unspecified atom stereocenters. The van der Waals surface area contributed by atoms with Crippen molar-refractivity contribution in [1.82, 2.24) is 55.6 Å². The van der Waals surface area contributed by atoms with E-state index >= 15 is 0 Å². The molecule has 0 aromatic rings. The van der Waals surface area contributed by atoms with Crippen molar-refractivity contribution < 1.29 is 48.5 Å². The fourth-order valence-electron chi connectivity index (χ4n) is 16.8. The number of piperidine rings is 4. The quantitative estimate of drug-likeness (QED) is 0.0514. The minimum Gasteiger partial charge on any atom is -0.459 e. The van der Waals surface area contributed by atoms with Crippen LogP contribution in [0.3, 0.4) is 0 Å². The maximum atomic E-state index is 12.1. The summed E-state index contributed by atoms with van der Waals surface area (Å²) < 4.78 is 10.9. The Bertz CT molecular complexity index is 2790. The molecule has 7 saturated heterocycles. The summed E-state index contributed by atoms with van der Waals surface area (Å²) in [7, 11) is 12.7. The maximum Gasteiger partial charge on any atom is 0.333 e. The lowest BCUT2D eigenvalue weighted by molar-refractivity contribution is -0.158. The molecular weight excluding hydrogens is 1320 g/mol. The van der Waals surface area contributed by atoms with E-state index < -0.39 is 22.2 Å². The molecule has 0 aromatic heterocycles. The van der Waals surface area contributed by atoms with Gasteiger partial charge in [0, 0.05) is 131 Å². The fraction of sp³-hybridized carbons (Fsp3) is 0.880. The Morgan fingerprint density at radius 1 is 0.514 bits per heavy atom. The molecule has 0 bridgehead atoms. The topological polar surface area (TPSA) is 258 Å². The smallest absolute Gasteiger partial charge is 0.333 e. The van der Waals surface area contributed by atoms with Crippen LogP contribution in [0.4, 0.5) is 0 Å². The van der Waals surface area contributed by atoms with E-state index in [-0.39, 0.29) is 111 Å². The number of aliphatic hydroxyl groups is 2. The number of hydrogen-bond acceptors (Lipinski definition) is 19. The zero-order valence-electron chi connectivity index (χ0n) is 74.1. The third-order valence-corrected chi connectivity index (χ3v) is 26.1. The average Bonchev–Trinajstić information content (AvgIpc) is 0.763. The first-order chi connectivity index (χ1) is 47.1. The molecule has 22 nitrogen and oxygen atoms in total. The van der Waals surface area contributed by atoms with Gasteiger partial charge in [0.25, 0.3) is 0 Å². The normalized spacial score (nSPS) is 31.6. The molecule has 8 atom stereocenters. The first kappa shape index (κ1) is 99.1. The number of likely N-dealkylation sites (N-methyl/N-ethyl adjacent to an activating group) is 2. The molecule has 7 heterocycles. The number of imide groups is 1. The highest BCUT2D eigenvalue weighted by Crippen LogP contribution is 2.42. The van der Waals surface area contributed by atoms with E-state index in [1.807, 2.05) is 41.8 Å². The number of piperazine rings is 3. The largest absolute Gasteiger partial charge is 0.459 e. The molecule has 7 fully saturated rings. The summed E-state index contributed by atoms with van der Waals surface area (Å²) in [5.41, 5.74) is 5.50. The van der Waals surface area contributed by atoms with Gasteiger partial charge in [-0.1, -0.05) is 54.7 Å². The molecule has 0 aromatic carbocycles. The molecule has 0 spiro atoms. The van der Waals surface area contributed by atoms with Crippen LogP contribution in [0.1, 0.15) is 279 Å². The van der Waals surface area contributed by atoms with Crippen LogP contribution in [0.15, 0.2) is 24.8 Å². The van der Waals surface area contributed by atoms with Gasteiger partial charge in [-0.25, -0.2) is 9.59 Å². The maximum absolute atomic E-state index is 12.1. The van der Waals surface area contributed by atoms with E-state index in [2.05, 4.69) is 239 Å². The van der Waals surface area contributed by atoms with E-state index in [4.69, 9.17) is 25.4 Å². The van der Waals surface area contributed by atoms with E-state index in [1.165, 1.54) is 25.3 Å². The van der Waals surface area contributed by atoms with Crippen molar-refractivity contribution in [3.8, 4) is 0 Å². The first-order valence-corrected chi connectivity index (χ1v) is 39.2. The van der Waals surface area contributed by atoms with Gasteiger partial charge in [0.15, 0.2) is 0 Å². The lowest BCUT2D eigenvalue weighted by Gasteiger charge is -2.55. The van der Waals surface area contributed by atoms with Gasteiger partial charge < -0.3 is 50.8 Å². The Morgan fingerprint density at radius 3 is 1.12 bits per heavy atom. The highest BCUT2D eigenvalue weighted by Gasteiger charge is 2.52. The number of hydrogen-bond donors (Lipinski definition) is 7. The van der Waals surface area contributed by atoms with Crippen molar-refractivity contribution >= 4 is 35.6 Å². The van der Waals surface area contributed by atoms with Gasteiger partial charge >= 0.3 is 11.9 Å². The van der Waals surface area contributed by atoms with Gasteiger partial charge in [-0.05, 0) is 266 Å². The number of carbonyl (C=O) groups is 6. The van der Waals surface area contributed by atoms with E-state index in [9.17, 15) is 28.8 Å². The Morgan fingerprint density at radius 2 is 0.838 bits per heavy atom. The Kier molecular flexibility index (Phi) is 34.8. The molecule has 105 heavy (non-hydrogen) atoms. The van der Waals surface area contributed by atoms with Crippen LogP contribution in [0.5, 0.6) is 0 Å². The molecule has 4 amide bonds. The molecule has 614 valence electrons. The Balaban J connectivity index is 0.000000614. The second kappa shape index (κ2) is 36.9. The Hall–Kier alpha value is -3.94. The van der Waals surface area contributed by atoms with Crippen molar-refractivity contribution in [3.05, 3.63) is 24.8 Å². The summed E-state index contributed by atoms with van der Waals surface area (Å²) >= 11 is 0. The second-order valence-electron chi connectivity index (χ2n) is 39.0. The van der Waals surface area contributed by atoms with Crippen molar-refractivity contribution in [2.75, 3.05) is 81.7 Å². The van der Waals surface area contributed by atoms with E-state index in [0.717, 1.165) is 44.9 Å². The Labute approximate surface area is 641 Å². The molecule has 22 heteroatoms. The lowest BCUT2D eigenvalue weighted by Crippen LogP contribution is -2.71. The lowest BCUT2D eigenvalue weighted by atomic mass is 9.68. The van der Waals surface area contributed by atoms with Gasteiger partial charge in [-0.15, -0.1) is 0 Å². The summed E-state index contributed by atoms with van der Waals surface area (Å²) in [6, 6.07) is 1.03. The molecule has 7 rings (SSSR count). The third kappa shape index (κ3) is 25.5. The second-order valence-corrected chi connectivity index (χ2v) is 39.0. The summed E-state index contributed by atoms with van der Waals surface area (Å²) in [4.78, 5) is 84.3. The highest BCUT2D eigenvalue weighted by atomic mass is 16.5. The third-order valence-electron chi connectivity index (χ3n) is 26.1. The van der Waals surface area contributed by atoms with Crippen molar-refractivity contribution in [2.45, 2.75) is 381 Å². The van der Waals surface area contributed by atoms with Crippen LogP contribution in [0.2, 0.25) is 0 Å². The number of esters is 2. The standard InChI is InChI=1S/C14H30N2.C14H25NO2.C13H23NO2.C12H26N2.2C11H22N2O2.C8H14N2O2/c1-8-13(4)10-12(16(6)7)11(3)14(5,9-2)15-13;1-10(2)12(16)17-11-8-13(3,4)15(7)14(5,6)9-11;1-7-11(15)16-10-8-12(2,3)14(6)13(4,5)9-10;1-6-11(4)8-10(13)9(3)12(5,7-2)14-11;2*1-10(2)8-13(6-7-14)9(15)11(3,4)12(10)5;1-7(2)5(11)9-6(12)8(3,4)10-7/h11-12,15H,8-10H2,1-7H3;11H,1,8-9H2,2-7H3;7,10H,1,8-9H2,2-6H3;9-10,14H,6-8,13H2,1-5H3;2*14H,6-8H2,1-5H3;10H,1-4H3,(H,9,11,12). The number of ether oxygens (including phenoxy) is 2. The average molecular weight is 1490 g/mol. The van der Waals surface area contributed by atoms with Crippen LogP contribution in [0, 0.1) is 11.8 Å². The number of aliphatic hydroxyl groups excluding tert-OH is 2. The minimum absolute atomic E-state index is 0.00769. The SMILES string of the molecule is C=C(C)C(=O)OC1CC(C)(C)N(C)C(C)(C)C1.C=CC(=O)OC1CC(C)(C)N(C)C(C)(C)C1.CC1(C)NC(C)(C)C(=O)NC1=O.CCC1(C)CC(N(C)C)C(C)C(C)(CC)N1.CCC1(C)CC(N)C(C)C(C)(CC)N1.CN1C(C)(C)CN(CCO)C(=O)C1(C)C.CN1C(C)(C)CN(CCO)C(=O)C1(C)C. The highest BCUT2D eigenvalue weighted by molar-refractivity contribution is 6.06. The fourth-order valence-corrected chi connectivity index (χ4v) is 16.8. The predicted molar refractivity (Wildman–Crippen MR) is 433 cm³/mol. The van der Waals surface area contributed by atoms with Gasteiger partial charge in [0.05, 0.1) is 35.4 Å². The van der Waals surface area contributed by atoms with Gasteiger partial charge in [0.1, 0.15) is 12.2 Å². The number of amides is 4. The molecule has 0 saturated carbocycles. The molecular formula is C83H162N12O10. The molecule has 7 aliphatic rings. The van der Waals surface area contributed by atoms with Gasteiger partial charge in [0.2, 0.25) is 23.6 Å². The van der Waals surface area contributed by atoms with Crippen LogP contribution in [-0.4, -0.2) is 264 Å². The van der Waals surface area contributed by atoms with E-state index in [0.29, 0.717) is 61.2 Å². The number of likely N-dealkylation sites (tertiary alicyclic amines) is 2. The summed E-state index contributed by atoms with van der Waals surface area (Å²) in [5.74, 6) is 0.321. The van der Waals surface area contributed by atoms with Crippen LogP contribution in [-0.2, 0) is 38.2 Å². The number of β-amino-alcohol motifs (C(OH)–C–C–N with tert-alkyl or cyclic N) is 2. The van der Waals surface area contributed by atoms with E-state index in [1.54, 1.807) is 44.4 Å². The zero-order valence-corrected chi connectivity index (χ0v) is 74.1. The number of nitrogens with two attached hydrogens (primary N) is 1. The first-order valence-electron chi connectivity index (χ1n) is 39.2.